The lowest BCUT2D eigenvalue weighted by atomic mass is 9.69. The van der Waals surface area contributed by atoms with E-state index >= 15 is 0 Å². The summed E-state index contributed by atoms with van der Waals surface area (Å²) in [5.41, 5.74) is -0.757. The number of ketones is 2. The number of aryl methyl sites for hydroxylation is 2. The van der Waals surface area contributed by atoms with Gasteiger partial charge in [0.25, 0.3) is 5.56 Å². The van der Waals surface area contributed by atoms with Crippen molar-refractivity contribution in [2.24, 2.45) is 5.92 Å². The second kappa shape index (κ2) is 9.90. The number of nitrogens with zero attached hydrogens (tertiary/aromatic N) is 1. The van der Waals surface area contributed by atoms with Gasteiger partial charge in [0.1, 0.15) is 22.1 Å². The maximum Gasteiger partial charge on any atom is 0.306 e. The molecule has 1 spiro atoms. The summed E-state index contributed by atoms with van der Waals surface area (Å²) in [4.78, 5) is 54.5. The van der Waals surface area contributed by atoms with Crippen molar-refractivity contribution in [2.75, 3.05) is 21.3 Å². The van der Waals surface area contributed by atoms with Crippen LogP contribution in [0.4, 0.5) is 0 Å². The Bertz CT molecular complexity index is 1810. The van der Waals surface area contributed by atoms with Crippen molar-refractivity contribution < 1.29 is 38.4 Å². The number of esters is 1. The summed E-state index contributed by atoms with van der Waals surface area (Å²) in [6.45, 7) is 2.04. The lowest BCUT2D eigenvalue weighted by Gasteiger charge is -2.38. The number of fused-ring (bicyclic) bond motifs is 1. The first kappa shape index (κ1) is 27.8. The summed E-state index contributed by atoms with van der Waals surface area (Å²) in [6.07, 6.45) is 0.0310. The van der Waals surface area contributed by atoms with Crippen LogP contribution in [0, 0.1) is 5.92 Å². The molecule has 0 radical (unpaired) electrons. The zero-order chi connectivity index (χ0) is 30.1. The summed E-state index contributed by atoms with van der Waals surface area (Å²) in [5, 5.41) is 12.7. The molecule has 3 atom stereocenters. The number of aliphatic hydroxyl groups excluding tert-OH is 1. The SMILES string of the molecule is COC(=O)CC(C1=C(O)C2(Oc3c(Cl)c(OC)cc(OC)c3C2=O)C(C)CC1=O)c1cc2cccc3c2n(c1=O)CC3. The smallest absolute Gasteiger partial charge is 0.306 e. The minimum atomic E-state index is -2.06. The number of hydrogen-bond donors (Lipinski definition) is 1. The van der Waals surface area contributed by atoms with Crippen molar-refractivity contribution in [3.8, 4) is 17.2 Å². The molecule has 0 fully saturated rings. The fourth-order valence-electron chi connectivity index (χ4n) is 6.60. The van der Waals surface area contributed by atoms with Crippen LogP contribution in [0.15, 0.2) is 46.5 Å². The number of aromatic nitrogens is 1. The molecule has 3 aliphatic rings. The minimum absolute atomic E-state index is 0.00491. The summed E-state index contributed by atoms with van der Waals surface area (Å²) in [5.74, 6) is -4.36. The Morgan fingerprint density at radius 3 is 2.60 bits per heavy atom. The number of pyridine rings is 1. The van der Waals surface area contributed by atoms with Crippen LogP contribution in [0.5, 0.6) is 17.2 Å². The highest BCUT2D eigenvalue weighted by Gasteiger charge is 2.61. The number of para-hydroxylation sites is 1. The monoisotopic (exact) mass is 593 g/mol. The van der Waals surface area contributed by atoms with Crippen LogP contribution in [-0.2, 0) is 27.3 Å². The number of methoxy groups -OCH3 is 3. The average molecular weight is 594 g/mol. The molecule has 1 N–H and O–H groups in total. The molecule has 3 heterocycles. The van der Waals surface area contributed by atoms with Crippen molar-refractivity contribution in [3.63, 3.8) is 0 Å². The predicted octanol–water partition coefficient (Wildman–Crippen LogP) is 4.31. The van der Waals surface area contributed by atoms with E-state index in [9.17, 15) is 24.3 Å². The number of Topliss-reactive ketones (excluding diaryl/α,β-unsaturated/α-hetero) is 2. The number of halogens is 1. The fraction of sp³-hybridized carbons (Fsp3) is 0.355. The van der Waals surface area contributed by atoms with E-state index in [1.165, 1.54) is 27.4 Å². The summed E-state index contributed by atoms with van der Waals surface area (Å²) < 4.78 is 23.5. The zero-order valence-corrected chi connectivity index (χ0v) is 24.2. The minimum Gasteiger partial charge on any atom is -0.507 e. The molecule has 10 nitrogen and oxygen atoms in total. The van der Waals surface area contributed by atoms with Crippen LogP contribution < -0.4 is 19.8 Å². The average Bonchev–Trinajstić information content (AvgIpc) is 3.55. The van der Waals surface area contributed by atoms with Gasteiger partial charge in [-0.25, -0.2) is 0 Å². The number of benzene rings is 2. The zero-order valence-electron chi connectivity index (χ0n) is 23.4. The van der Waals surface area contributed by atoms with Gasteiger partial charge < -0.3 is 28.6 Å². The van der Waals surface area contributed by atoms with Gasteiger partial charge in [-0.1, -0.05) is 36.7 Å². The van der Waals surface area contributed by atoms with Crippen molar-refractivity contribution in [1.82, 2.24) is 4.57 Å². The van der Waals surface area contributed by atoms with E-state index in [0.29, 0.717) is 13.0 Å². The van der Waals surface area contributed by atoms with Gasteiger partial charge >= 0.3 is 5.97 Å². The fourth-order valence-corrected chi connectivity index (χ4v) is 6.86. The normalized spacial score (nSPS) is 21.5. The van der Waals surface area contributed by atoms with Gasteiger partial charge in [-0.2, -0.15) is 0 Å². The van der Waals surface area contributed by atoms with Crippen LogP contribution >= 0.6 is 11.6 Å². The first-order valence-corrected chi connectivity index (χ1v) is 13.8. The standard InChI is InChI=1S/C31H28ClNO9/c1-14-10-19(34)23(28(36)31(14)29(37)24-20(39-2)13-21(40-3)25(32)27(24)42-31)17(12-22(35)41-4)18-11-16-7-5-6-15-8-9-33(26(15)16)30(18)38/h5-7,11,13-14,17,36H,8-10,12H2,1-4H3. The summed E-state index contributed by atoms with van der Waals surface area (Å²) in [7, 11) is 3.96. The molecule has 1 aromatic heterocycles. The van der Waals surface area contributed by atoms with Crippen LogP contribution in [-0.4, -0.2) is 54.1 Å². The highest BCUT2D eigenvalue weighted by Crippen LogP contribution is 2.55. The van der Waals surface area contributed by atoms with Crippen LogP contribution in [0.3, 0.4) is 0 Å². The Balaban J connectivity index is 1.60. The maximum atomic E-state index is 14.2. The Morgan fingerprint density at radius 1 is 1.17 bits per heavy atom. The molecule has 2 aliphatic heterocycles. The Morgan fingerprint density at radius 2 is 1.90 bits per heavy atom. The van der Waals surface area contributed by atoms with Crippen molar-refractivity contribution in [1.29, 1.82) is 0 Å². The molecule has 0 saturated carbocycles. The Hall–Kier alpha value is -4.31. The lowest BCUT2D eigenvalue weighted by molar-refractivity contribution is -0.140. The molecule has 218 valence electrons. The topological polar surface area (TPSA) is 130 Å². The first-order chi connectivity index (χ1) is 20.1. The molecule has 0 amide bonds. The van der Waals surface area contributed by atoms with Crippen molar-refractivity contribution in [3.05, 3.63) is 73.7 Å². The lowest BCUT2D eigenvalue weighted by Crippen LogP contribution is -2.53. The third-order valence-corrected chi connectivity index (χ3v) is 9.02. The molecule has 2 aromatic carbocycles. The number of aliphatic hydroxyl groups is 1. The summed E-state index contributed by atoms with van der Waals surface area (Å²) >= 11 is 6.54. The highest BCUT2D eigenvalue weighted by molar-refractivity contribution is 6.35. The van der Waals surface area contributed by atoms with Crippen LogP contribution in [0.2, 0.25) is 5.02 Å². The van der Waals surface area contributed by atoms with Gasteiger partial charge in [0.05, 0.1) is 33.3 Å². The molecule has 3 unspecified atom stereocenters. The molecule has 6 rings (SSSR count). The van der Waals surface area contributed by atoms with Gasteiger partial charge in [0.15, 0.2) is 17.3 Å². The van der Waals surface area contributed by atoms with E-state index in [2.05, 4.69) is 0 Å². The van der Waals surface area contributed by atoms with Crippen molar-refractivity contribution in [2.45, 2.75) is 44.2 Å². The van der Waals surface area contributed by atoms with Gasteiger partial charge in [-0.3, -0.25) is 19.2 Å². The first-order valence-electron chi connectivity index (χ1n) is 13.5. The van der Waals surface area contributed by atoms with Gasteiger partial charge in [-0.15, -0.1) is 0 Å². The molecule has 3 aromatic rings. The molecule has 11 heteroatoms. The summed E-state index contributed by atoms with van der Waals surface area (Å²) in [6, 6.07) is 8.77. The Kier molecular flexibility index (Phi) is 6.57. The van der Waals surface area contributed by atoms with Crippen LogP contribution in [0.1, 0.15) is 47.2 Å². The van der Waals surface area contributed by atoms with E-state index < -0.39 is 52.7 Å². The van der Waals surface area contributed by atoms with E-state index in [0.717, 1.165) is 16.5 Å². The number of hydrogen-bond acceptors (Lipinski definition) is 9. The number of ether oxygens (including phenoxy) is 4. The van der Waals surface area contributed by atoms with E-state index in [-0.39, 0.29) is 45.4 Å². The Labute approximate surface area is 245 Å². The van der Waals surface area contributed by atoms with Crippen LogP contribution in [0.25, 0.3) is 10.9 Å². The second-order valence-electron chi connectivity index (χ2n) is 10.8. The molecule has 0 saturated heterocycles. The van der Waals surface area contributed by atoms with E-state index in [1.54, 1.807) is 17.6 Å². The molecule has 42 heavy (non-hydrogen) atoms. The molecule has 0 bridgehead atoms. The predicted molar refractivity (Wildman–Crippen MR) is 152 cm³/mol. The van der Waals surface area contributed by atoms with E-state index in [1.807, 2.05) is 18.2 Å². The number of carbonyl (C=O) groups excluding carboxylic acids is 3. The third kappa shape index (κ3) is 3.70. The van der Waals surface area contributed by atoms with Gasteiger partial charge in [0, 0.05) is 42.0 Å². The largest absolute Gasteiger partial charge is 0.507 e. The molecule has 1 aliphatic carbocycles. The highest BCUT2D eigenvalue weighted by atomic mass is 35.5. The molecular weight excluding hydrogens is 566 g/mol. The maximum absolute atomic E-state index is 14.2. The van der Waals surface area contributed by atoms with Gasteiger partial charge in [-0.05, 0) is 23.4 Å². The quantitative estimate of drug-likeness (QED) is 0.415. The second-order valence-corrected chi connectivity index (χ2v) is 11.1. The number of allylic oxidation sites excluding steroid dienone is 1. The molecular formula is C31H28ClNO9. The number of rotatable bonds is 6. The van der Waals surface area contributed by atoms with Gasteiger partial charge in [0.2, 0.25) is 11.4 Å². The number of carbonyl (C=O) groups is 3. The van der Waals surface area contributed by atoms with E-state index in [4.69, 9.17) is 30.5 Å². The van der Waals surface area contributed by atoms with Crippen molar-refractivity contribution >= 4 is 40.0 Å². The third-order valence-electron chi connectivity index (χ3n) is 8.66.